The molecule has 0 aliphatic carbocycles. The Hall–Kier alpha value is -1.43. The van der Waals surface area contributed by atoms with E-state index in [1.165, 1.54) is 23.5 Å². The van der Waals surface area contributed by atoms with Crippen LogP contribution in [-0.4, -0.2) is 21.6 Å². The SMILES string of the molecule is COc1ccc(S(=O)(=O)N2c3ccccc3C[C@H]2C)c(Cl)c1Cl. The van der Waals surface area contributed by atoms with Gasteiger partial charge in [0.25, 0.3) is 10.0 Å². The van der Waals surface area contributed by atoms with Crippen molar-refractivity contribution in [1.29, 1.82) is 0 Å². The van der Waals surface area contributed by atoms with Gasteiger partial charge >= 0.3 is 0 Å². The zero-order valence-corrected chi connectivity index (χ0v) is 14.9. The molecule has 0 saturated carbocycles. The van der Waals surface area contributed by atoms with Gasteiger partial charge in [0.05, 0.1) is 17.8 Å². The number of nitrogens with zero attached hydrogens (tertiary/aromatic N) is 1. The van der Waals surface area contributed by atoms with E-state index in [2.05, 4.69) is 0 Å². The fourth-order valence-corrected chi connectivity index (χ4v) is 5.39. The lowest BCUT2D eigenvalue weighted by atomic mass is 10.1. The van der Waals surface area contributed by atoms with Gasteiger partial charge in [0.15, 0.2) is 0 Å². The van der Waals surface area contributed by atoms with Crippen LogP contribution in [0, 0.1) is 0 Å². The van der Waals surface area contributed by atoms with Crippen molar-refractivity contribution in [2.45, 2.75) is 24.3 Å². The maximum absolute atomic E-state index is 13.1. The summed E-state index contributed by atoms with van der Waals surface area (Å²) in [4.78, 5) is -0.0199. The fraction of sp³-hybridized carbons (Fsp3) is 0.250. The molecule has 2 aromatic carbocycles. The van der Waals surface area contributed by atoms with E-state index in [1.54, 1.807) is 6.07 Å². The highest BCUT2D eigenvalue weighted by Gasteiger charge is 2.37. The minimum atomic E-state index is -3.82. The highest BCUT2D eigenvalue weighted by molar-refractivity contribution is 7.93. The summed E-state index contributed by atoms with van der Waals surface area (Å²) >= 11 is 12.3. The van der Waals surface area contributed by atoms with E-state index in [-0.39, 0.29) is 21.0 Å². The summed E-state index contributed by atoms with van der Waals surface area (Å²) in [6.07, 6.45) is 0.664. The number of halogens is 2. The Morgan fingerprint density at radius 2 is 1.83 bits per heavy atom. The number of ether oxygens (including phenoxy) is 1. The van der Waals surface area contributed by atoms with Gasteiger partial charge in [-0.2, -0.15) is 0 Å². The van der Waals surface area contributed by atoms with Crippen molar-refractivity contribution >= 4 is 38.9 Å². The van der Waals surface area contributed by atoms with Crippen molar-refractivity contribution in [3.8, 4) is 5.75 Å². The lowest BCUT2D eigenvalue weighted by Crippen LogP contribution is -2.35. The van der Waals surface area contributed by atoms with Crippen LogP contribution in [0.1, 0.15) is 12.5 Å². The molecule has 0 aromatic heterocycles. The topological polar surface area (TPSA) is 46.6 Å². The standard InChI is InChI=1S/C16H15Cl2NO3S/c1-10-9-11-5-3-4-6-12(11)19(10)23(20,21)14-8-7-13(22-2)15(17)16(14)18/h3-8,10H,9H2,1-2H3/t10-/m1/s1. The third-order valence-corrected chi connectivity index (χ3v) is 6.86. The van der Waals surface area contributed by atoms with Crippen molar-refractivity contribution in [3.05, 3.63) is 52.0 Å². The Morgan fingerprint density at radius 3 is 2.52 bits per heavy atom. The first-order valence-electron chi connectivity index (χ1n) is 7.02. The summed E-state index contributed by atoms with van der Waals surface area (Å²) in [6, 6.07) is 10.2. The molecule has 122 valence electrons. The molecule has 1 aliphatic rings. The maximum atomic E-state index is 13.1. The quantitative estimate of drug-likeness (QED) is 0.814. The van der Waals surface area contributed by atoms with Crippen molar-refractivity contribution in [3.63, 3.8) is 0 Å². The van der Waals surface area contributed by atoms with Crippen LogP contribution in [0.3, 0.4) is 0 Å². The van der Waals surface area contributed by atoms with E-state index >= 15 is 0 Å². The maximum Gasteiger partial charge on any atom is 0.266 e. The smallest absolute Gasteiger partial charge is 0.266 e. The number of para-hydroxylation sites is 1. The molecule has 0 unspecified atom stereocenters. The van der Waals surface area contributed by atoms with Gasteiger partial charge in [-0.1, -0.05) is 41.4 Å². The Labute approximate surface area is 145 Å². The van der Waals surface area contributed by atoms with Gasteiger partial charge in [0.2, 0.25) is 0 Å². The second-order valence-corrected chi connectivity index (χ2v) is 7.92. The van der Waals surface area contributed by atoms with Crippen LogP contribution in [0.2, 0.25) is 10.0 Å². The summed E-state index contributed by atoms with van der Waals surface area (Å²) in [7, 11) is -2.37. The minimum absolute atomic E-state index is 0.0199. The van der Waals surface area contributed by atoms with Crippen molar-refractivity contribution in [2.24, 2.45) is 0 Å². The zero-order valence-electron chi connectivity index (χ0n) is 12.6. The van der Waals surface area contributed by atoms with Crippen LogP contribution in [-0.2, 0) is 16.4 Å². The monoisotopic (exact) mass is 371 g/mol. The molecule has 7 heteroatoms. The molecule has 1 atom stereocenters. The average Bonchev–Trinajstić information content (AvgIpc) is 2.86. The fourth-order valence-electron chi connectivity index (χ4n) is 2.88. The Kier molecular flexibility index (Phi) is 4.21. The van der Waals surface area contributed by atoms with Crippen LogP contribution in [0.4, 0.5) is 5.69 Å². The predicted molar refractivity (Wildman–Crippen MR) is 92.3 cm³/mol. The number of rotatable bonds is 3. The van der Waals surface area contributed by atoms with Gasteiger partial charge in [0, 0.05) is 6.04 Å². The molecule has 0 N–H and O–H groups in total. The van der Waals surface area contributed by atoms with E-state index in [0.29, 0.717) is 17.9 Å². The first-order chi connectivity index (χ1) is 10.9. The molecular weight excluding hydrogens is 357 g/mol. The highest BCUT2D eigenvalue weighted by atomic mass is 35.5. The summed E-state index contributed by atoms with van der Waals surface area (Å²) in [5.74, 6) is 0.338. The molecule has 4 nitrogen and oxygen atoms in total. The van der Waals surface area contributed by atoms with E-state index in [0.717, 1.165) is 5.56 Å². The number of sulfonamides is 1. The molecule has 3 rings (SSSR count). The van der Waals surface area contributed by atoms with Crippen LogP contribution in [0.15, 0.2) is 41.3 Å². The van der Waals surface area contributed by atoms with Crippen molar-refractivity contribution < 1.29 is 13.2 Å². The number of fused-ring (bicyclic) bond motifs is 1. The van der Waals surface area contributed by atoms with Crippen LogP contribution in [0.25, 0.3) is 0 Å². The van der Waals surface area contributed by atoms with E-state index in [4.69, 9.17) is 27.9 Å². The van der Waals surface area contributed by atoms with E-state index in [9.17, 15) is 8.42 Å². The average molecular weight is 372 g/mol. The second kappa shape index (κ2) is 5.89. The van der Waals surface area contributed by atoms with Crippen molar-refractivity contribution in [1.82, 2.24) is 0 Å². The lowest BCUT2D eigenvalue weighted by Gasteiger charge is -2.25. The largest absolute Gasteiger partial charge is 0.495 e. The number of anilines is 1. The zero-order chi connectivity index (χ0) is 16.8. The minimum Gasteiger partial charge on any atom is -0.495 e. The first kappa shape index (κ1) is 16.4. The number of hydrogen-bond donors (Lipinski definition) is 0. The molecule has 0 fully saturated rings. The van der Waals surface area contributed by atoms with Gasteiger partial charge in [-0.25, -0.2) is 8.42 Å². The Balaban J connectivity index is 2.15. The van der Waals surface area contributed by atoms with Gasteiger partial charge in [-0.15, -0.1) is 0 Å². The van der Waals surface area contributed by atoms with Crippen LogP contribution < -0.4 is 9.04 Å². The van der Waals surface area contributed by atoms with Gasteiger partial charge in [-0.05, 0) is 37.1 Å². The van der Waals surface area contributed by atoms with E-state index in [1.807, 2.05) is 25.1 Å². The normalized spacial score (nSPS) is 17.2. The van der Waals surface area contributed by atoms with Gasteiger partial charge in [0.1, 0.15) is 15.7 Å². The van der Waals surface area contributed by atoms with Gasteiger partial charge in [-0.3, -0.25) is 4.31 Å². The number of benzene rings is 2. The second-order valence-electron chi connectivity index (χ2n) is 5.38. The number of hydrogen-bond acceptors (Lipinski definition) is 3. The van der Waals surface area contributed by atoms with Gasteiger partial charge < -0.3 is 4.74 Å². The summed E-state index contributed by atoms with van der Waals surface area (Å²) < 4.78 is 32.7. The molecule has 0 radical (unpaired) electrons. The molecule has 2 aromatic rings. The molecule has 0 amide bonds. The molecule has 23 heavy (non-hydrogen) atoms. The first-order valence-corrected chi connectivity index (χ1v) is 9.22. The summed E-state index contributed by atoms with van der Waals surface area (Å²) in [5.41, 5.74) is 1.68. The molecule has 0 saturated heterocycles. The highest BCUT2D eigenvalue weighted by Crippen LogP contribution is 2.41. The van der Waals surface area contributed by atoms with Crippen LogP contribution >= 0.6 is 23.2 Å². The Bertz CT molecular complexity index is 868. The molecule has 0 bridgehead atoms. The number of methoxy groups -OCH3 is 1. The summed E-state index contributed by atoms with van der Waals surface area (Å²) in [5, 5.41) is 0.0676. The molecular formula is C16H15Cl2NO3S. The lowest BCUT2D eigenvalue weighted by molar-refractivity contribution is 0.414. The molecule has 1 heterocycles. The van der Waals surface area contributed by atoms with Crippen LogP contribution in [0.5, 0.6) is 5.75 Å². The molecule has 1 aliphatic heterocycles. The summed E-state index contributed by atoms with van der Waals surface area (Å²) in [6.45, 7) is 1.87. The van der Waals surface area contributed by atoms with Crippen molar-refractivity contribution in [2.75, 3.05) is 11.4 Å². The molecule has 0 spiro atoms. The predicted octanol–water partition coefficient (Wildman–Crippen LogP) is 4.14. The third kappa shape index (κ3) is 2.57. The third-order valence-electron chi connectivity index (χ3n) is 3.91. The van der Waals surface area contributed by atoms with E-state index < -0.39 is 10.0 Å². The Morgan fingerprint density at radius 1 is 1.13 bits per heavy atom.